The van der Waals surface area contributed by atoms with E-state index in [1.165, 1.54) is 7.11 Å². The van der Waals surface area contributed by atoms with Crippen LogP contribution in [0.25, 0.3) is 0 Å². The van der Waals surface area contributed by atoms with Gasteiger partial charge in [0, 0.05) is 12.0 Å². The molecule has 98 valence electrons. The van der Waals surface area contributed by atoms with Crippen molar-refractivity contribution in [1.82, 2.24) is 5.32 Å². The van der Waals surface area contributed by atoms with Crippen molar-refractivity contribution in [1.29, 1.82) is 0 Å². The van der Waals surface area contributed by atoms with Crippen molar-refractivity contribution in [2.45, 2.75) is 51.1 Å². The van der Waals surface area contributed by atoms with Crippen LogP contribution in [0.3, 0.4) is 0 Å². The lowest BCUT2D eigenvalue weighted by atomic mass is 9.85. The summed E-state index contributed by atoms with van der Waals surface area (Å²) in [4.78, 5) is 23.3. The molecule has 0 aromatic carbocycles. The van der Waals surface area contributed by atoms with Crippen LogP contribution in [0.2, 0.25) is 0 Å². The zero-order valence-electron chi connectivity index (χ0n) is 10.6. The fourth-order valence-electron chi connectivity index (χ4n) is 2.23. The third-order valence-electron chi connectivity index (χ3n) is 3.30. The van der Waals surface area contributed by atoms with E-state index in [-0.39, 0.29) is 23.8 Å². The highest BCUT2D eigenvalue weighted by atomic mass is 16.5. The van der Waals surface area contributed by atoms with Gasteiger partial charge in [0.1, 0.15) is 6.04 Å². The molecular weight excluding hydrogens is 220 g/mol. The van der Waals surface area contributed by atoms with Gasteiger partial charge in [0.2, 0.25) is 5.91 Å². The Morgan fingerprint density at radius 3 is 2.71 bits per heavy atom. The minimum absolute atomic E-state index is 0.0579. The Bertz CT molecular complexity index is 281. The number of rotatable bonds is 4. The van der Waals surface area contributed by atoms with Crippen molar-refractivity contribution in [3.63, 3.8) is 0 Å². The first-order valence-electron chi connectivity index (χ1n) is 6.22. The lowest BCUT2D eigenvalue weighted by Crippen LogP contribution is -2.45. The fourth-order valence-corrected chi connectivity index (χ4v) is 2.23. The van der Waals surface area contributed by atoms with E-state index in [9.17, 15) is 9.59 Å². The van der Waals surface area contributed by atoms with Gasteiger partial charge < -0.3 is 15.8 Å². The van der Waals surface area contributed by atoms with Crippen LogP contribution in [0.4, 0.5) is 0 Å². The summed E-state index contributed by atoms with van der Waals surface area (Å²) in [7, 11) is 1.33. The highest BCUT2D eigenvalue weighted by Gasteiger charge is 2.28. The van der Waals surface area contributed by atoms with Crippen molar-refractivity contribution >= 4 is 11.9 Å². The first-order valence-corrected chi connectivity index (χ1v) is 6.22. The predicted octanol–water partition coefficient (Wildman–Crippen LogP) is 0.572. The minimum Gasteiger partial charge on any atom is -0.467 e. The van der Waals surface area contributed by atoms with Gasteiger partial charge in [-0.1, -0.05) is 13.3 Å². The zero-order valence-corrected chi connectivity index (χ0v) is 10.6. The number of hydrogen-bond acceptors (Lipinski definition) is 4. The number of hydrogen-bond donors (Lipinski definition) is 2. The van der Waals surface area contributed by atoms with Crippen molar-refractivity contribution in [3.05, 3.63) is 0 Å². The molecule has 17 heavy (non-hydrogen) atoms. The maximum Gasteiger partial charge on any atom is 0.328 e. The Kier molecular flexibility index (Phi) is 5.41. The number of carbonyl (C=O) groups excluding carboxylic acids is 2. The number of carbonyl (C=O) groups is 2. The van der Waals surface area contributed by atoms with Crippen LogP contribution >= 0.6 is 0 Å². The molecule has 3 unspecified atom stereocenters. The summed E-state index contributed by atoms with van der Waals surface area (Å²) >= 11 is 0. The van der Waals surface area contributed by atoms with E-state index in [2.05, 4.69) is 10.1 Å². The van der Waals surface area contributed by atoms with Gasteiger partial charge in [0.25, 0.3) is 0 Å². The maximum atomic E-state index is 12.0. The molecule has 1 rings (SSSR count). The summed E-state index contributed by atoms with van der Waals surface area (Å²) in [5.74, 6) is -0.518. The summed E-state index contributed by atoms with van der Waals surface area (Å²) in [5.41, 5.74) is 5.84. The Hall–Kier alpha value is -1.10. The summed E-state index contributed by atoms with van der Waals surface area (Å²) in [6.07, 6.45) is 4.07. The van der Waals surface area contributed by atoms with Gasteiger partial charge in [-0.05, 0) is 25.7 Å². The highest BCUT2D eigenvalue weighted by Crippen LogP contribution is 2.23. The Morgan fingerprint density at radius 2 is 2.18 bits per heavy atom. The molecule has 1 aliphatic rings. The van der Waals surface area contributed by atoms with Gasteiger partial charge in [0.15, 0.2) is 0 Å². The smallest absolute Gasteiger partial charge is 0.328 e. The first kappa shape index (κ1) is 14.0. The van der Waals surface area contributed by atoms with Gasteiger partial charge in [-0.25, -0.2) is 4.79 Å². The van der Waals surface area contributed by atoms with Crippen LogP contribution < -0.4 is 11.1 Å². The van der Waals surface area contributed by atoms with Gasteiger partial charge in [-0.15, -0.1) is 0 Å². The van der Waals surface area contributed by atoms with Crippen LogP contribution in [0.1, 0.15) is 39.0 Å². The zero-order chi connectivity index (χ0) is 12.8. The normalized spacial score (nSPS) is 26.1. The van der Waals surface area contributed by atoms with Crippen molar-refractivity contribution in [3.8, 4) is 0 Å². The molecule has 0 saturated heterocycles. The number of nitrogens with two attached hydrogens (primary N) is 1. The Balaban J connectivity index is 2.49. The van der Waals surface area contributed by atoms with Crippen LogP contribution in [-0.2, 0) is 14.3 Å². The number of amides is 1. The van der Waals surface area contributed by atoms with Crippen LogP contribution in [0, 0.1) is 5.92 Å². The molecular formula is C12H22N2O3. The van der Waals surface area contributed by atoms with Gasteiger partial charge in [-0.2, -0.15) is 0 Å². The number of nitrogens with one attached hydrogen (secondary N) is 1. The van der Waals surface area contributed by atoms with Crippen molar-refractivity contribution in [2.24, 2.45) is 11.7 Å². The van der Waals surface area contributed by atoms with Crippen molar-refractivity contribution < 1.29 is 14.3 Å². The average Bonchev–Trinajstić information content (AvgIpc) is 2.34. The average molecular weight is 242 g/mol. The fraction of sp³-hybridized carbons (Fsp3) is 0.833. The standard InChI is InChI=1S/C12H22N2O3/c1-3-10(12(16)17-2)14-11(15)8-5-4-6-9(13)7-8/h8-10H,3-7,13H2,1-2H3,(H,14,15). The molecule has 0 bridgehead atoms. The van der Waals surface area contributed by atoms with E-state index in [1.807, 2.05) is 6.92 Å². The predicted molar refractivity (Wildman–Crippen MR) is 64.2 cm³/mol. The molecule has 0 spiro atoms. The number of ether oxygens (including phenoxy) is 1. The van der Waals surface area contributed by atoms with Gasteiger partial charge in [0.05, 0.1) is 7.11 Å². The summed E-state index contributed by atoms with van der Waals surface area (Å²) in [5, 5.41) is 2.74. The molecule has 3 atom stereocenters. The van der Waals surface area contributed by atoms with E-state index in [1.54, 1.807) is 0 Å². The van der Waals surface area contributed by atoms with E-state index in [0.29, 0.717) is 12.8 Å². The van der Waals surface area contributed by atoms with E-state index >= 15 is 0 Å². The molecule has 1 aliphatic carbocycles. The van der Waals surface area contributed by atoms with Gasteiger partial charge >= 0.3 is 5.97 Å². The SMILES string of the molecule is CCC(NC(=O)C1CCCC(N)C1)C(=O)OC. The van der Waals surface area contributed by atoms with Crippen LogP contribution in [0.5, 0.6) is 0 Å². The highest BCUT2D eigenvalue weighted by molar-refractivity contribution is 5.85. The summed E-state index contributed by atoms with van der Waals surface area (Å²) in [6, 6.07) is -0.427. The molecule has 3 N–H and O–H groups in total. The monoisotopic (exact) mass is 242 g/mol. The molecule has 5 nitrogen and oxygen atoms in total. The molecule has 0 aromatic rings. The molecule has 1 saturated carbocycles. The van der Waals surface area contributed by atoms with Crippen LogP contribution in [0.15, 0.2) is 0 Å². The van der Waals surface area contributed by atoms with E-state index in [0.717, 1.165) is 19.3 Å². The molecule has 0 aromatic heterocycles. The van der Waals surface area contributed by atoms with E-state index in [4.69, 9.17) is 5.73 Å². The third-order valence-corrected chi connectivity index (χ3v) is 3.30. The second kappa shape index (κ2) is 6.59. The number of methoxy groups -OCH3 is 1. The number of esters is 1. The lowest BCUT2D eigenvalue weighted by Gasteiger charge is -2.27. The molecule has 5 heteroatoms. The summed E-state index contributed by atoms with van der Waals surface area (Å²) < 4.78 is 4.63. The molecule has 1 fully saturated rings. The largest absolute Gasteiger partial charge is 0.467 e. The maximum absolute atomic E-state index is 12.0. The molecule has 1 amide bonds. The minimum atomic E-state index is -0.536. The Labute approximate surface area is 102 Å². The Morgan fingerprint density at radius 1 is 1.47 bits per heavy atom. The molecule has 0 aliphatic heterocycles. The van der Waals surface area contributed by atoms with E-state index < -0.39 is 6.04 Å². The topological polar surface area (TPSA) is 81.4 Å². The van der Waals surface area contributed by atoms with Crippen molar-refractivity contribution in [2.75, 3.05) is 7.11 Å². The second-order valence-corrected chi connectivity index (χ2v) is 4.62. The quantitative estimate of drug-likeness (QED) is 0.706. The summed E-state index contributed by atoms with van der Waals surface area (Å²) in [6.45, 7) is 1.84. The second-order valence-electron chi connectivity index (χ2n) is 4.62. The third kappa shape index (κ3) is 4.00. The molecule has 0 heterocycles. The van der Waals surface area contributed by atoms with Gasteiger partial charge in [-0.3, -0.25) is 4.79 Å². The molecule has 0 radical (unpaired) electrons. The lowest BCUT2D eigenvalue weighted by molar-refractivity contribution is -0.145. The first-order chi connectivity index (χ1) is 8.08. The van der Waals surface area contributed by atoms with Crippen LogP contribution in [-0.4, -0.2) is 31.1 Å².